The maximum atomic E-state index is 5.69. The lowest BCUT2D eigenvalue weighted by molar-refractivity contribution is 0.500. The van der Waals surface area contributed by atoms with Crippen LogP contribution in [0.1, 0.15) is 5.56 Å². The predicted octanol–water partition coefficient (Wildman–Crippen LogP) is 1.04. The van der Waals surface area contributed by atoms with Gasteiger partial charge in [-0.1, -0.05) is 12.1 Å². The topological polar surface area (TPSA) is 47.3 Å². The van der Waals surface area contributed by atoms with Crippen molar-refractivity contribution in [3.8, 4) is 5.75 Å². The van der Waals surface area contributed by atoms with Crippen molar-refractivity contribution in [1.82, 2.24) is 5.32 Å². The Morgan fingerprint density at radius 3 is 3.17 bits per heavy atom. The Morgan fingerprint density at radius 2 is 2.33 bits per heavy atom. The fourth-order valence-corrected chi connectivity index (χ4v) is 1.32. The van der Waals surface area contributed by atoms with Crippen LogP contribution in [-0.4, -0.2) is 5.17 Å². The molecule has 0 amide bonds. The number of hydrogen-bond donors (Lipinski definition) is 2. The summed E-state index contributed by atoms with van der Waals surface area (Å²) in [6.07, 6.45) is 0. The number of hydrogen-bond acceptors (Lipinski definition) is 3. The Bertz CT molecular complexity index is 338. The van der Waals surface area contributed by atoms with Gasteiger partial charge in [0.1, 0.15) is 0 Å². The molecule has 3 N–H and O–H groups in total. The van der Waals surface area contributed by atoms with Gasteiger partial charge in [-0.3, -0.25) is 0 Å². The first-order valence-corrected chi connectivity index (χ1v) is 4.01. The minimum atomic E-state index is 0.389. The van der Waals surface area contributed by atoms with E-state index in [-0.39, 0.29) is 0 Å². The number of fused-ring (bicyclic) bond motifs is 1. The van der Waals surface area contributed by atoms with Gasteiger partial charge in [0.15, 0.2) is 5.75 Å². The molecule has 1 aliphatic rings. The van der Waals surface area contributed by atoms with E-state index in [1.165, 1.54) is 0 Å². The number of nitrogens with one attached hydrogen (secondary N) is 1. The molecule has 1 aromatic rings. The Balaban J connectivity index is 2.50. The van der Waals surface area contributed by atoms with Crippen LogP contribution in [0.25, 0.3) is 0 Å². The zero-order chi connectivity index (χ0) is 8.55. The van der Waals surface area contributed by atoms with Gasteiger partial charge in [-0.25, -0.2) is 0 Å². The predicted molar refractivity (Wildman–Crippen MR) is 50.9 cm³/mol. The van der Waals surface area contributed by atoms with E-state index >= 15 is 0 Å². The summed E-state index contributed by atoms with van der Waals surface area (Å²) in [6.45, 7) is 0.694. The molecule has 0 radical (unpaired) electrons. The Morgan fingerprint density at radius 1 is 1.50 bits per heavy atom. The van der Waals surface area contributed by atoms with Crippen molar-refractivity contribution in [3.05, 3.63) is 23.8 Å². The second-order valence-electron chi connectivity index (χ2n) is 2.58. The standard InChI is InChI=1S/C8H8N2OS/c9-6-3-1-2-5-4-10-8(12)11-7(5)6/h1-3H,4,9H2,(H,10,12). The number of nitrogen functional groups attached to an aromatic ring is 1. The minimum Gasteiger partial charge on any atom is -0.429 e. The summed E-state index contributed by atoms with van der Waals surface area (Å²) in [7, 11) is 0. The Labute approximate surface area is 75.5 Å². The smallest absolute Gasteiger partial charge is 0.262 e. The number of rotatable bonds is 0. The van der Waals surface area contributed by atoms with Crippen molar-refractivity contribution >= 4 is 23.1 Å². The summed E-state index contributed by atoms with van der Waals surface area (Å²) in [5.74, 6) is 0.696. The first-order chi connectivity index (χ1) is 5.77. The monoisotopic (exact) mass is 180 g/mol. The molecule has 3 nitrogen and oxygen atoms in total. The summed E-state index contributed by atoms with van der Waals surface area (Å²) < 4.78 is 5.26. The molecule has 0 saturated heterocycles. The van der Waals surface area contributed by atoms with Gasteiger partial charge < -0.3 is 15.8 Å². The molecule has 0 atom stereocenters. The second kappa shape index (κ2) is 2.64. The molecule has 0 unspecified atom stereocenters. The molecule has 1 aromatic carbocycles. The van der Waals surface area contributed by atoms with Crippen molar-refractivity contribution in [2.24, 2.45) is 0 Å². The average molecular weight is 180 g/mol. The van der Waals surface area contributed by atoms with Crippen LogP contribution in [0.4, 0.5) is 5.69 Å². The van der Waals surface area contributed by atoms with Gasteiger partial charge in [-0.15, -0.1) is 0 Å². The SMILES string of the molecule is Nc1cccc2c1OC(=S)NC2. The lowest BCUT2D eigenvalue weighted by atomic mass is 10.1. The zero-order valence-corrected chi connectivity index (χ0v) is 7.15. The van der Waals surface area contributed by atoms with Crippen molar-refractivity contribution < 1.29 is 4.74 Å². The summed E-state index contributed by atoms with van der Waals surface area (Å²) in [5.41, 5.74) is 7.37. The molecule has 4 heteroatoms. The van der Waals surface area contributed by atoms with E-state index in [0.29, 0.717) is 23.2 Å². The minimum absolute atomic E-state index is 0.389. The largest absolute Gasteiger partial charge is 0.429 e. The summed E-state index contributed by atoms with van der Waals surface area (Å²) in [6, 6.07) is 5.65. The molecular weight excluding hydrogens is 172 g/mol. The first-order valence-electron chi connectivity index (χ1n) is 3.60. The molecule has 0 fully saturated rings. The number of benzene rings is 1. The second-order valence-corrected chi connectivity index (χ2v) is 2.95. The highest BCUT2D eigenvalue weighted by molar-refractivity contribution is 7.80. The van der Waals surface area contributed by atoms with Crippen LogP contribution in [0, 0.1) is 0 Å². The lowest BCUT2D eigenvalue weighted by Crippen LogP contribution is -2.31. The van der Waals surface area contributed by atoms with Gasteiger partial charge in [0.2, 0.25) is 0 Å². The van der Waals surface area contributed by atoms with Gasteiger partial charge in [0, 0.05) is 12.1 Å². The van der Waals surface area contributed by atoms with E-state index in [2.05, 4.69) is 5.32 Å². The quantitative estimate of drug-likeness (QED) is 0.462. The maximum absolute atomic E-state index is 5.69. The number of nitrogens with two attached hydrogens (primary N) is 1. The molecule has 0 bridgehead atoms. The fourth-order valence-electron chi connectivity index (χ4n) is 1.16. The van der Waals surface area contributed by atoms with E-state index in [1.807, 2.05) is 12.1 Å². The van der Waals surface area contributed by atoms with E-state index in [9.17, 15) is 0 Å². The highest BCUT2D eigenvalue weighted by Gasteiger charge is 2.14. The molecule has 2 rings (SSSR count). The van der Waals surface area contributed by atoms with Gasteiger partial charge in [-0.05, 0) is 18.3 Å². The molecule has 0 spiro atoms. The van der Waals surface area contributed by atoms with Crippen LogP contribution in [-0.2, 0) is 6.54 Å². The molecule has 1 heterocycles. The average Bonchev–Trinajstić information content (AvgIpc) is 2.07. The van der Waals surface area contributed by atoms with E-state index in [1.54, 1.807) is 6.07 Å². The van der Waals surface area contributed by atoms with Crippen LogP contribution < -0.4 is 15.8 Å². The Hall–Kier alpha value is -1.29. The maximum Gasteiger partial charge on any atom is 0.262 e. The normalized spacial score (nSPS) is 14.5. The van der Waals surface area contributed by atoms with E-state index < -0.39 is 0 Å². The number of ether oxygens (including phenoxy) is 1. The van der Waals surface area contributed by atoms with Crippen LogP contribution >= 0.6 is 12.2 Å². The van der Waals surface area contributed by atoms with Crippen molar-refractivity contribution in [3.63, 3.8) is 0 Å². The molecule has 0 aliphatic carbocycles. The third-order valence-corrected chi connectivity index (χ3v) is 1.97. The third kappa shape index (κ3) is 1.10. The molecule has 62 valence electrons. The fraction of sp³-hybridized carbons (Fsp3) is 0.125. The van der Waals surface area contributed by atoms with Gasteiger partial charge in [-0.2, -0.15) is 0 Å². The lowest BCUT2D eigenvalue weighted by Gasteiger charge is -2.19. The third-order valence-electron chi connectivity index (χ3n) is 1.74. The molecular formula is C8H8N2OS. The van der Waals surface area contributed by atoms with Crippen LogP contribution in [0.15, 0.2) is 18.2 Å². The summed E-state index contributed by atoms with van der Waals surface area (Å²) in [4.78, 5) is 0. The molecule has 1 aliphatic heterocycles. The van der Waals surface area contributed by atoms with E-state index in [4.69, 9.17) is 22.7 Å². The number of para-hydroxylation sites is 1. The highest BCUT2D eigenvalue weighted by atomic mass is 32.1. The Kier molecular flexibility index (Phi) is 1.62. The molecule has 0 aromatic heterocycles. The summed E-state index contributed by atoms with van der Waals surface area (Å²) >= 11 is 4.85. The highest BCUT2D eigenvalue weighted by Crippen LogP contribution is 2.28. The van der Waals surface area contributed by atoms with Crippen LogP contribution in [0.3, 0.4) is 0 Å². The number of thiocarbonyl (C=S) groups is 1. The van der Waals surface area contributed by atoms with Crippen molar-refractivity contribution in [1.29, 1.82) is 0 Å². The molecule has 12 heavy (non-hydrogen) atoms. The zero-order valence-electron chi connectivity index (χ0n) is 6.33. The van der Waals surface area contributed by atoms with Crippen LogP contribution in [0.5, 0.6) is 5.75 Å². The van der Waals surface area contributed by atoms with Gasteiger partial charge in [0.05, 0.1) is 5.69 Å². The van der Waals surface area contributed by atoms with Crippen LogP contribution in [0.2, 0.25) is 0 Å². The molecule has 0 saturated carbocycles. The van der Waals surface area contributed by atoms with Crippen molar-refractivity contribution in [2.45, 2.75) is 6.54 Å². The van der Waals surface area contributed by atoms with E-state index in [0.717, 1.165) is 5.56 Å². The van der Waals surface area contributed by atoms with Gasteiger partial charge in [0.25, 0.3) is 5.17 Å². The summed E-state index contributed by atoms with van der Waals surface area (Å²) in [5, 5.41) is 3.31. The van der Waals surface area contributed by atoms with Gasteiger partial charge >= 0.3 is 0 Å². The van der Waals surface area contributed by atoms with Crippen molar-refractivity contribution in [2.75, 3.05) is 5.73 Å². The first kappa shape index (κ1) is 7.36. The number of anilines is 1.